The number of halogens is 2. The van der Waals surface area contributed by atoms with E-state index in [1.807, 2.05) is 4.90 Å². The number of carbonyl (C=O) groups is 1. The van der Waals surface area contributed by atoms with Crippen LogP contribution in [-0.2, 0) is 0 Å². The van der Waals surface area contributed by atoms with Crippen LogP contribution in [0.1, 0.15) is 29.6 Å². The molecule has 1 aromatic rings. The van der Waals surface area contributed by atoms with Gasteiger partial charge in [-0.3, -0.25) is 4.79 Å². The minimum absolute atomic E-state index is 0.00661. The van der Waals surface area contributed by atoms with Gasteiger partial charge in [-0.05, 0) is 49.9 Å². The van der Waals surface area contributed by atoms with Gasteiger partial charge in [0.1, 0.15) is 0 Å². The van der Waals surface area contributed by atoms with Crippen molar-refractivity contribution in [3.05, 3.63) is 33.8 Å². The van der Waals surface area contributed by atoms with E-state index in [0.717, 1.165) is 38.9 Å². The molecule has 5 heteroatoms. The molecule has 0 bridgehead atoms. The Labute approximate surface area is 123 Å². The van der Waals surface area contributed by atoms with Crippen molar-refractivity contribution in [3.8, 4) is 0 Å². The summed E-state index contributed by atoms with van der Waals surface area (Å²) in [4.78, 5) is 14.2. The summed E-state index contributed by atoms with van der Waals surface area (Å²) in [5.74, 6) is 0.641. The van der Waals surface area contributed by atoms with Crippen LogP contribution < -0.4 is 5.73 Å². The predicted octanol–water partition coefficient (Wildman–Crippen LogP) is 3.19. The summed E-state index contributed by atoms with van der Waals surface area (Å²) in [6.07, 6.45) is 3.09. The zero-order chi connectivity index (χ0) is 13.8. The van der Waals surface area contributed by atoms with Gasteiger partial charge in [0.15, 0.2) is 0 Å². The topological polar surface area (TPSA) is 46.3 Å². The molecule has 2 rings (SSSR count). The highest BCUT2D eigenvalue weighted by Gasteiger charge is 2.24. The molecule has 1 fully saturated rings. The van der Waals surface area contributed by atoms with E-state index >= 15 is 0 Å². The number of hydrogen-bond donors (Lipinski definition) is 1. The van der Waals surface area contributed by atoms with Crippen LogP contribution in [0.15, 0.2) is 18.2 Å². The maximum atomic E-state index is 12.4. The number of piperidine rings is 1. The van der Waals surface area contributed by atoms with E-state index in [9.17, 15) is 4.79 Å². The smallest absolute Gasteiger partial charge is 0.255 e. The van der Waals surface area contributed by atoms with Gasteiger partial charge in [0.2, 0.25) is 0 Å². The van der Waals surface area contributed by atoms with Crippen LogP contribution in [0.5, 0.6) is 0 Å². The van der Waals surface area contributed by atoms with Crippen LogP contribution in [0.4, 0.5) is 0 Å². The molecule has 0 saturated carbocycles. The number of likely N-dealkylation sites (tertiary alicyclic amines) is 1. The average molecular weight is 301 g/mol. The third-order valence-corrected chi connectivity index (χ3v) is 4.19. The molecule has 1 aromatic carbocycles. The highest BCUT2D eigenvalue weighted by atomic mass is 35.5. The molecule has 1 amide bonds. The first-order chi connectivity index (χ1) is 9.11. The molecule has 1 saturated heterocycles. The summed E-state index contributed by atoms with van der Waals surface area (Å²) in [5.41, 5.74) is 6.10. The van der Waals surface area contributed by atoms with Gasteiger partial charge < -0.3 is 10.6 Å². The fourth-order valence-corrected chi connectivity index (χ4v) is 2.98. The molecule has 0 atom stereocenters. The average Bonchev–Trinajstić information content (AvgIpc) is 2.39. The van der Waals surface area contributed by atoms with Gasteiger partial charge in [0, 0.05) is 18.1 Å². The minimum Gasteiger partial charge on any atom is -0.339 e. The van der Waals surface area contributed by atoms with E-state index < -0.39 is 0 Å². The zero-order valence-corrected chi connectivity index (χ0v) is 12.3. The SMILES string of the molecule is NCCC1CCN(C(=O)c2ccc(Cl)cc2Cl)CC1. The summed E-state index contributed by atoms with van der Waals surface area (Å²) in [5, 5.41) is 0.963. The molecule has 0 aromatic heterocycles. The van der Waals surface area contributed by atoms with Crippen molar-refractivity contribution in [2.75, 3.05) is 19.6 Å². The monoisotopic (exact) mass is 300 g/mol. The Hall–Kier alpha value is -0.770. The van der Waals surface area contributed by atoms with Gasteiger partial charge in [-0.25, -0.2) is 0 Å². The molecule has 104 valence electrons. The fraction of sp³-hybridized carbons (Fsp3) is 0.500. The number of amides is 1. The maximum Gasteiger partial charge on any atom is 0.255 e. The molecule has 19 heavy (non-hydrogen) atoms. The molecule has 3 nitrogen and oxygen atoms in total. The van der Waals surface area contributed by atoms with Gasteiger partial charge >= 0.3 is 0 Å². The van der Waals surface area contributed by atoms with Gasteiger partial charge in [-0.1, -0.05) is 23.2 Å². The van der Waals surface area contributed by atoms with Crippen LogP contribution in [0.25, 0.3) is 0 Å². The predicted molar refractivity (Wildman–Crippen MR) is 78.8 cm³/mol. The first-order valence-electron chi connectivity index (χ1n) is 6.56. The Kier molecular flexibility index (Phi) is 5.08. The Morgan fingerprint density at radius 3 is 2.58 bits per heavy atom. The molecular weight excluding hydrogens is 283 g/mol. The lowest BCUT2D eigenvalue weighted by molar-refractivity contribution is 0.0688. The molecule has 1 heterocycles. The molecule has 1 aliphatic heterocycles. The Morgan fingerprint density at radius 1 is 1.32 bits per heavy atom. The summed E-state index contributed by atoms with van der Waals surface area (Å²) >= 11 is 11.9. The number of carbonyl (C=O) groups excluding carboxylic acids is 1. The Bertz CT molecular complexity index is 457. The lowest BCUT2D eigenvalue weighted by Gasteiger charge is -2.32. The summed E-state index contributed by atoms with van der Waals surface area (Å²) in [6.45, 7) is 2.28. The van der Waals surface area contributed by atoms with E-state index in [4.69, 9.17) is 28.9 Å². The van der Waals surface area contributed by atoms with Crippen molar-refractivity contribution in [3.63, 3.8) is 0 Å². The second-order valence-corrected chi connectivity index (χ2v) is 5.78. The number of rotatable bonds is 3. The number of nitrogens with zero attached hydrogens (tertiary/aromatic N) is 1. The summed E-state index contributed by atoms with van der Waals surface area (Å²) < 4.78 is 0. The van der Waals surface area contributed by atoms with Crippen LogP contribution in [-0.4, -0.2) is 30.4 Å². The standard InChI is InChI=1S/C14H18Cl2N2O/c15-11-1-2-12(13(16)9-11)14(19)18-7-4-10(3-6-17)5-8-18/h1-2,9-10H,3-8,17H2. The third-order valence-electron chi connectivity index (χ3n) is 3.64. The van der Waals surface area contributed by atoms with Crippen molar-refractivity contribution in [2.45, 2.75) is 19.3 Å². The van der Waals surface area contributed by atoms with E-state index in [1.54, 1.807) is 18.2 Å². The van der Waals surface area contributed by atoms with E-state index in [1.165, 1.54) is 0 Å². The van der Waals surface area contributed by atoms with Crippen molar-refractivity contribution in [2.24, 2.45) is 11.7 Å². The molecule has 0 aliphatic carbocycles. The highest BCUT2D eigenvalue weighted by molar-refractivity contribution is 6.36. The lowest BCUT2D eigenvalue weighted by atomic mass is 9.93. The summed E-state index contributed by atoms with van der Waals surface area (Å²) in [6, 6.07) is 5.00. The van der Waals surface area contributed by atoms with Crippen molar-refractivity contribution >= 4 is 29.1 Å². The van der Waals surface area contributed by atoms with Gasteiger partial charge in [0.25, 0.3) is 5.91 Å². The van der Waals surface area contributed by atoms with E-state index in [-0.39, 0.29) is 5.91 Å². The maximum absolute atomic E-state index is 12.4. The minimum atomic E-state index is -0.00661. The Balaban J connectivity index is 2.01. The quantitative estimate of drug-likeness (QED) is 0.932. The number of hydrogen-bond acceptors (Lipinski definition) is 2. The largest absolute Gasteiger partial charge is 0.339 e. The third kappa shape index (κ3) is 3.62. The molecule has 1 aliphatic rings. The molecule has 2 N–H and O–H groups in total. The molecule has 0 unspecified atom stereocenters. The van der Waals surface area contributed by atoms with E-state index in [2.05, 4.69) is 0 Å². The second kappa shape index (κ2) is 6.60. The van der Waals surface area contributed by atoms with Crippen LogP contribution >= 0.6 is 23.2 Å². The lowest BCUT2D eigenvalue weighted by Crippen LogP contribution is -2.39. The van der Waals surface area contributed by atoms with Gasteiger partial charge in [0.05, 0.1) is 10.6 Å². The highest BCUT2D eigenvalue weighted by Crippen LogP contribution is 2.25. The van der Waals surface area contributed by atoms with Gasteiger partial charge in [-0.2, -0.15) is 0 Å². The molecular formula is C14H18Cl2N2O. The zero-order valence-electron chi connectivity index (χ0n) is 10.7. The van der Waals surface area contributed by atoms with Crippen molar-refractivity contribution in [1.82, 2.24) is 4.90 Å². The molecule has 0 radical (unpaired) electrons. The number of nitrogens with two attached hydrogens (primary N) is 1. The van der Waals surface area contributed by atoms with Crippen LogP contribution in [0.2, 0.25) is 10.0 Å². The normalized spacial score (nSPS) is 16.7. The Morgan fingerprint density at radius 2 is 2.00 bits per heavy atom. The first-order valence-corrected chi connectivity index (χ1v) is 7.32. The first kappa shape index (κ1) is 14.6. The van der Waals surface area contributed by atoms with Crippen molar-refractivity contribution < 1.29 is 4.79 Å². The van der Waals surface area contributed by atoms with Crippen molar-refractivity contribution in [1.29, 1.82) is 0 Å². The van der Waals surface area contributed by atoms with Crippen LogP contribution in [0, 0.1) is 5.92 Å². The number of benzene rings is 1. The fourth-order valence-electron chi connectivity index (χ4n) is 2.49. The van der Waals surface area contributed by atoms with Gasteiger partial charge in [-0.15, -0.1) is 0 Å². The second-order valence-electron chi connectivity index (χ2n) is 4.94. The van der Waals surface area contributed by atoms with E-state index in [0.29, 0.717) is 21.5 Å². The van der Waals surface area contributed by atoms with Crippen LogP contribution in [0.3, 0.4) is 0 Å². The summed E-state index contributed by atoms with van der Waals surface area (Å²) in [7, 11) is 0. The molecule has 0 spiro atoms.